The molecule has 0 spiro atoms. The molecule has 0 fully saturated rings. The van der Waals surface area contributed by atoms with E-state index < -0.39 is 0 Å². The summed E-state index contributed by atoms with van der Waals surface area (Å²) in [6, 6.07) is 17.5. The first kappa shape index (κ1) is 17.4. The molecule has 0 unspecified atom stereocenters. The average molecular weight is 379 g/mol. The minimum absolute atomic E-state index is 0.648. The van der Waals surface area contributed by atoms with Crippen LogP contribution in [-0.4, -0.2) is 21.2 Å². The van der Waals surface area contributed by atoms with Crippen LogP contribution in [0.25, 0.3) is 16.8 Å². The molecule has 0 bridgehead atoms. The second-order valence-electron chi connectivity index (χ2n) is 6.14. The van der Waals surface area contributed by atoms with E-state index in [1.165, 1.54) is 0 Å². The number of aromatic nitrogens is 3. The van der Waals surface area contributed by atoms with E-state index in [-0.39, 0.29) is 0 Å². The lowest BCUT2D eigenvalue weighted by atomic mass is 10.1. The fourth-order valence-electron chi connectivity index (χ4n) is 2.99. The van der Waals surface area contributed by atoms with Gasteiger partial charge in [0.2, 0.25) is 0 Å². The Kier molecular flexibility index (Phi) is 4.69. The summed E-state index contributed by atoms with van der Waals surface area (Å²) in [5, 5.41) is 8.61. The minimum atomic E-state index is 0.648. The zero-order valence-electron chi connectivity index (χ0n) is 15.1. The molecule has 0 saturated heterocycles. The van der Waals surface area contributed by atoms with Gasteiger partial charge < -0.3 is 10.1 Å². The van der Waals surface area contributed by atoms with Gasteiger partial charge in [0.25, 0.3) is 0 Å². The molecular weight excluding hydrogens is 360 g/mol. The Labute approximate surface area is 162 Å². The van der Waals surface area contributed by atoms with Gasteiger partial charge in [0.15, 0.2) is 5.65 Å². The number of anilines is 2. The molecule has 5 nitrogen and oxygen atoms in total. The quantitative estimate of drug-likeness (QED) is 0.498. The summed E-state index contributed by atoms with van der Waals surface area (Å²) in [5.41, 5.74) is 4.42. The molecule has 2 aromatic carbocycles. The molecule has 4 aromatic rings. The number of aryl methyl sites for hydroxylation is 1. The molecule has 0 aliphatic rings. The van der Waals surface area contributed by atoms with Gasteiger partial charge in [-0.2, -0.15) is 9.61 Å². The standard InChI is InChI=1S/C21H19ClN4O/c1-3-27-16-10-8-15(9-11-16)25-20-12-14(2)24-21-18(13-23-26(20)21)17-6-4-5-7-19(17)22/h4-13,25H,3H2,1-2H3. The van der Waals surface area contributed by atoms with E-state index >= 15 is 0 Å². The molecule has 27 heavy (non-hydrogen) atoms. The zero-order chi connectivity index (χ0) is 18.8. The van der Waals surface area contributed by atoms with E-state index in [9.17, 15) is 0 Å². The molecule has 4 rings (SSSR count). The Balaban J connectivity index is 1.75. The lowest BCUT2D eigenvalue weighted by molar-refractivity contribution is 0.340. The molecule has 1 N–H and O–H groups in total. The first-order chi connectivity index (χ1) is 13.2. The van der Waals surface area contributed by atoms with E-state index in [1.807, 2.05) is 68.4 Å². The first-order valence-electron chi connectivity index (χ1n) is 8.76. The number of hydrogen-bond donors (Lipinski definition) is 1. The fourth-order valence-corrected chi connectivity index (χ4v) is 3.23. The largest absolute Gasteiger partial charge is 0.494 e. The van der Waals surface area contributed by atoms with Crippen LogP contribution >= 0.6 is 11.6 Å². The lowest BCUT2D eigenvalue weighted by Crippen LogP contribution is -2.02. The number of ether oxygens (including phenoxy) is 1. The number of nitrogens with one attached hydrogen (secondary N) is 1. The summed E-state index contributed by atoms with van der Waals surface area (Å²) in [5.74, 6) is 1.68. The van der Waals surface area contributed by atoms with Gasteiger partial charge in [0.1, 0.15) is 11.6 Å². The van der Waals surface area contributed by atoms with Gasteiger partial charge in [-0.05, 0) is 44.2 Å². The van der Waals surface area contributed by atoms with Gasteiger partial charge in [-0.15, -0.1) is 0 Å². The molecule has 0 atom stereocenters. The molecular formula is C21H19ClN4O. The van der Waals surface area contributed by atoms with Crippen molar-refractivity contribution in [2.24, 2.45) is 0 Å². The Morgan fingerprint density at radius 2 is 1.85 bits per heavy atom. The minimum Gasteiger partial charge on any atom is -0.494 e. The van der Waals surface area contributed by atoms with Crippen molar-refractivity contribution in [3.8, 4) is 16.9 Å². The van der Waals surface area contributed by atoms with Crippen LogP contribution in [0.4, 0.5) is 11.5 Å². The number of benzene rings is 2. The maximum absolute atomic E-state index is 6.37. The van der Waals surface area contributed by atoms with Crippen LogP contribution in [0.5, 0.6) is 5.75 Å². The van der Waals surface area contributed by atoms with Gasteiger partial charge in [0.05, 0.1) is 12.8 Å². The molecule has 2 aromatic heterocycles. The van der Waals surface area contributed by atoms with Crippen LogP contribution in [0.2, 0.25) is 5.02 Å². The molecule has 0 amide bonds. The van der Waals surface area contributed by atoms with Crippen LogP contribution in [0.15, 0.2) is 60.8 Å². The average Bonchev–Trinajstić information content (AvgIpc) is 3.08. The number of rotatable bonds is 5. The topological polar surface area (TPSA) is 51.5 Å². The van der Waals surface area contributed by atoms with Crippen molar-refractivity contribution >= 4 is 28.8 Å². The Morgan fingerprint density at radius 1 is 1.07 bits per heavy atom. The highest BCUT2D eigenvalue weighted by molar-refractivity contribution is 6.33. The van der Waals surface area contributed by atoms with E-state index in [0.29, 0.717) is 11.6 Å². The highest BCUT2D eigenvalue weighted by Crippen LogP contribution is 2.31. The predicted molar refractivity (Wildman–Crippen MR) is 109 cm³/mol. The smallest absolute Gasteiger partial charge is 0.165 e. The lowest BCUT2D eigenvalue weighted by Gasteiger charge is -2.11. The van der Waals surface area contributed by atoms with Crippen LogP contribution in [0, 0.1) is 6.92 Å². The second-order valence-corrected chi connectivity index (χ2v) is 6.55. The summed E-state index contributed by atoms with van der Waals surface area (Å²) in [4.78, 5) is 4.68. The number of hydrogen-bond acceptors (Lipinski definition) is 4. The molecule has 6 heteroatoms. The summed E-state index contributed by atoms with van der Waals surface area (Å²) in [7, 11) is 0. The van der Waals surface area contributed by atoms with Crippen LogP contribution in [0.1, 0.15) is 12.6 Å². The number of nitrogens with zero attached hydrogens (tertiary/aromatic N) is 3. The highest BCUT2D eigenvalue weighted by atomic mass is 35.5. The zero-order valence-corrected chi connectivity index (χ0v) is 15.9. The second kappa shape index (κ2) is 7.29. The predicted octanol–water partition coefficient (Wildman–Crippen LogP) is 5.50. The van der Waals surface area contributed by atoms with Gasteiger partial charge >= 0.3 is 0 Å². The van der Waals surface area contributed by atoms with Crippen molar-refractivity contribution < 1.29 is 4.74 Å². The molecule has 0 aliphatic carbocycles. The van der Waals surface area contributed by atoms with E-state index in [4.69, 9.17) is 16.3 Å². The SMILES string of the molecule is CCOc1ccc(Nc2cc(C)nc3c(-c4ccccc4Cl)cnn23)cc1. The van der Waals surface area contributed by atoms with Gasteiger partial charge in [-0.25, -0.2) is 4.98 Å². The summed E-state index contributed by atoms with van der Waals surface area (Å²) in [6.07, 6.45) is 1.80. The molecule has 0 radical (unpaired) electrons. The maximum atomic E-state index is 6.37. The molecule has 2 heterocycles. The normalized spacial score (nSPS) is 10.9. The van der Waals surface area contributed by atoms with Crippen LogP contribution in [-0.2, 0) is 0 Å². The van der Waals surface area contributed by atoms with Gasteiger partial charge in [0, 0.05) is 33.6 Å². The molecule has 0 saturated carbocycles. The number of halogens is 1. The van der Waals surface area contributed by atoms with E-state index in [2.05, 4.69) is 15.4 Å². The van der Waals surface area contributed by atoms with Gasteiger partial charge in [-0.1, -0.05) is 29.8 Å². The third kappa shape index (κ3) is 3.46. The Bertz CT molecular complexity index is 1090. The monoisotopic (exact) mass is 378 g/mol. The summed E-state index contributed by atoms with van der Waals surface area (Å²) < 4.78 is 7.29. The summed E-state index contributed by atoms with van der Waals surface area (Å²) >= 11 is 6.37. The van der Waals surface area contributed by atoms with Gasteiger partial charge in [-0.3, -0.25) is 0 Å². The van der Waals surface area contributed by atoms with Crippen LogP contribution < -0.4 is 10.1 Å². The van der Waals surface area contributed by atoms with Crippen molar-refractivity contribution in [3.63, 3.8) is 0 Å². The maximum Gasteiger partial charge on any atom is 0.165 e. The fraction of sp³-hybridized carbons (Fsp3) is 0.143. The Hall–Kier alpha value is -3.05. The van der Waals surface area contributed by atoms with Crippen LogP contribution in [0.3, 0.4) is 0 Å². The van der Waals surface area contributed by atoms with Crippen molar-refractivity contribution in [3.05, 3.63) is 71.5 Å². The molecule has 136 valence electrons. The third-order valence-electron chi connectivity index (χ3n) is 4.20. The van der Waals surface area contributed by atoms with Crippen molar-refractivity contribution in [1.82, 2.24) is 14.6 Å². The summed E-state index contributed by atoms with van der Waals surface area (Å²) in [6.45, 7) is 4.58. The van der Waals surface area contributed by atoms with E-state index in [1.54, 1.807) is 10.7 Å². The number of fused-ring (bicyclic) bond motifs is 1. The van der Waals surface area contributed by atoms with Crippen molar-refractivity contribution in [1.29, 1.82) is 0 Å². The highest BCUT2D eigenvalue weighted by Gasteiger charge is 2.14. The third-order valence-corrected chi connectivity index (χ3v) is 4.53. The first-order valence-corrected chi connectivity index (χ1v) is 9.13. The van der Waals surface area contributed by atoms with E-state index in [0.717, 1.165) is 39.7 Å². The Morgan fingerprint density at radius 3 is 2.59 bits per heavy atom. The van der Waals surface area contributed by atoms with Crippen molar-refractivity contribution in [2.45, 2.75) is 13.8 Å². The van der Waals surface area contributed by atoms with Crippen molar-refractivity contribution in [2.75, 3.05) is 11.9 Å². The molecule has 0 aliphatic heterocycles.